The van der Waals surface area contributed by atoms with E-state index in [1.807, 2.05) is 0 Å². The molecule has 3 N–H and O–H groups in total. The maximum atomic E-state index is 13.4. The maximum Gasteiger partial charge on any atom is 0.417 e. The minimum atomic E-state index is -4.69. The van der Waals surface area contributed by atoms with Gasteiger partial charge < -0.3 is 5.32 Å². The highest BCUT2D eigenvalue weighted by Crippen LogP contribution is 2.40. The summed E-state index contributed by atoms with van der Waals surface area (Å²) in [5.41, 5.74) is -0.245. The molecule has 1 saturated heterocycles. The van der Waals surface area contributed by atoms with E-state index in [-0.39, 0.29) is 5.56 Å². The number of hydrogen-bond donors (Lipinski definition) is 2. The highest BCUT2D eigenvalue weighted by Gasteiger charge is 2.36. The Bertz CT molecular complexity index is 872. The Kier molecular flexibility index (Phi) is 4.61. The van der Waals surface area contributed by atoms with E-state index in [9.17, 15) is 21.6 Å². The van der Waals surface area contributed by atoms with Gasteiger partial charge in [-0.1, -0.05) is 30.3 Å². The van der Waals surface area contributed by atoms with Crippen molar-refractivity contribution in [2.75, 3.05) is 13.1 Å². The zero-order valence-corrected chi connectivity index (χ0v) is 14.0. The fourth-order valence-electron chi connectivity index (χ4n) is 3.16. The van der Waals surface area contributed by atoms with Gasteiger partial charge >= 0.3 is 6.18 Å². The second-order valence-electron chi connectivity index (χ2n) is 6.03. The van der Waals surface area contributed by atoms with Gasteiger partial charge in [-0.25, -0.2) is 13.6 Å². The van der Waals surface area contributed by atoms with Crippen LogP contribution in [0.15, 0.2) is 47.4 Å². The minimum Gasteiger partial charge on any atom is -0.316 e. The molecule has 0 unspecified atom stereocenters. The van der Waals surface area contributed by atoms with Crippen molar-refractivity contribution in [3.63, 3.8) is 0 Å². The SMILES string of the molecule is NS(=O)(=O)c1cccc(C(F)(F)F)c1-c1ccc([C@@H]2CCNC2)cc1. The van der Waals surface area contributed by atoms with Gasteiger partial charge in [-0.3, -0.25) is 0 Å². The third-order valence-corrected chi connectivity index (χ3v) is 5.32. The number of nitrogens with two attached hydrogens (primary N) is 1. The molecule has 4 nitrogen and oxygen atoms in total. The molecule has 2 aromatic rings. The monoisotopic (exact) mass is 370 g/mol. The van der Waals surface area contributed by atoms with Gasteiger partial charge in [0.2, 0.25) is 10.0 Å². The molecule has 0 saturated carbocycles. The molecule has 0 aliphatic carbocycles. The predicted molar refractivity (Wildman–Crippen MR) is 88.5 cm³/mol. The summed E-state index contributed by atoms with van der Waals surface area (Å²) in [5, 5.41) is 8.36. The summed E-state index contributed by atoms with van der Waals surface area (Å²) in [4.78, 5) is -0.530. The number of alkyl halides is 3. The van der Waals surface area contributed by atoms with E-state index in [0.717, 1.165) is 43.3 Å². The summed E-state index contributed by atoms with van der Waals surface area (Å²) in [6.45, 7) is 1.72. The number of sulfonamides is 1. The Labute approximate surface area is 143 Å². The molecule has 0 radical (unpaired) electrons. The molecule has 134 valence electrons. The van der Waals surface area contributed by atoms with Crippen LogP contribution in [0.2, 0.25) is 0 Å². The molecule has 25 heavy (non-hydrogen) atoms. The van der Waals surface area contributed by atoms with E-state index in [2.05, 4.69) is 5.32 Å². The topological polar surface area (TPSA) is 72.2 Å². The van der Waals surface area contributed by atoms with Crippen LogP contribution in [0, 0.1) is 0 Å². The summed E-state index contributed by atoms with van der Waals surface area (Å²) < 4.78 is 63.7. The van der Waals surface area contributed by atoms with Crippen molar-refractivity contribution >= 4 is 10.0 Å². The summed E-state index contributed by atoms with van der Waals surface area (Å²) in [5.74, 6) is 0.310. The quantitative estimate of drug-likeness (QED) is 0.872. The standard InChI is InChI=1S/C17H17F3N2O2S/c18-17(19,20)14-2-1-3-15(25(21,23)24)16(14)12-6-4-11(5-7-12)13-8-9-22-10-13/h1-7,13,22H,8-10H2,(H2,21,23,24)/t13-/m1/s1. The van der Waals surface area contributed by atoms with Gasteiger partial charge in [0.15, 0.2) is 0 Å². The summed E-state index contributed by atoms with van der Waals surface area (Å²) in [6.07, 6.45) is -3.73. The molecule has 1 fully saturated rings. The van der Waals surface area contributed by atoms with Crippen LogP contribution in [-0.2, 0) is 16.2 Å². The molecular formula is C17H17F3N2O2S. The first kappa shape index (κ1) is 17.9. The van der Waals surface area contributed by atoms with Crippen LogP contribution < -0.4 is 10.5 Å². The molecule has 0 spiro atoms. The van der Waals surface area contributed by atoms with Crippen LogP contribution in [0.5, 0.6) is 0 Å². The van der Waals surface area contributed by atoms with Crippen molar-refractivity contribution in [3.05, 3.63) is 53.6 Å². The average molecular weight is 370 g/mol. The minimum absolute atomic E-state index is 0.173. The van der Waals surface area contributed by atoms with E-state index < -0.39 is 32.2 Å². The van der Waals surface area contributed by atoms with Crippen molar-refractivity contribution in [2.45, 2.75) is 23.4 Å². The van der Waals surface area contributed by atoms with Crippen molar-refractivity contribution in [1.82, 2.24) is 5.32 Å². The van der Waals surface area contributed by atoms with Crippen molar-refractivity contribution in [1.29, 1.82) is 0 Å². The van der Waals surface area contributed by atoms with Crippen molar-refractivity contribution < 1.29 is 21.6 Å². The number of halogens is 3. The molecule has 0 bridgehead atoms. The van der Waals surface area contributed by atoms with Gasteiger partial charge in [0.25, 0.3) is 0 Å². The smallest absolute Gasteiger partial charge is 0.316 e. The Hall–Kier alpha value is -1.90. The molecule has 1 aliphatic heterocycles. The second kappa shape index (κ2) is 6.44. The molecule has 3 rings (SSSR count). The number of benzene rings is 2. The van der Waals surface area contributed by atoms with E-state index in [4.69, 9.17) is 5.14 Å². The Morgan fingerprint density at radius 1 is 1.08 bits per heavy atom. The van der Waals surface area contributed by atoms with Gasteiger partial charge in [0, 0.05) is 12.1 Å². The molecule has 1 aliphatic rings. The largest absolute Gasteiger partial charge is 0.417 e. The van der Waals surface area contributed by atoms with Crippen molar-refractivity contribution in [2.24, 2.45) is 5.14 Å². The highest BCUT2D eigenvalue weighted by atomic mass is 32.2. The maximum absolute atomic E-state index is 13.4. The van der Waals surface area contributed by atoms with Gasteiger partial charge in [-0.05, 0) is 42.1 Å². The normalized spacial score (nSPS) is 18.5. The Balaban J connectivity index is 2.14. The lowest BCUT2D eigenvalue weighted by molar-refractivity contribution is -0.137. The van der Waals surface area contributed by atoms with Crippen molar-refractivity contribution in [3.8, 4) is 11.1 Å². The first-order valence-electron chi connectivity index (χ1n) is 7.72. The summed E-state index contributed by atoms with van der Waals surface area (Å²) >= 11 is 0. The Morgan fingerprint density at radius 3 is 2.28 bits per heavy atom. The second-order valence-corrected chi connectivity index (χ2v) is 7.56. The molecule has 8 heteroatoms. The predicted octanol–water partition coefficient (Wildman–Crippen LogP) is 3.10. The first-order valence-corrected chi connectivity index (χ1v) is 9.26. The third-order valence-electron chi connectivity index (χ3n) is 4.37. The molecule has 1 heterocycles. The third kappa shape index (κ3) is 3.70. The average Bonchev–Trinajstić information content (AvgIpc) is 3.07. The van der Waals surface area contributed by atoms with Crippen LogP contribution in [0.25, 0.3) is 11.1 Å². The highest BCUT2D eigenvalue weighted by molar-refractivity contribution is 7.89. The van der Waals surface area contributed by atoms with Crippen LogP contribution in [-0.4, -0.2) is 21.5 Å². The zero-order valence-electron chi connectivity index (χ0n) is 13.2. The molecule has 1 atom stereocenters. The van der Waals surface area contributed by atoms with E-state index >= 15 is 0 Å². The van der Waals surface area contributed by atoms with Gasteiger partial charge in [-0.2, -0.15) is 13.2 Å². The summed E-state index contributed by atoms with van der Waals surface area (Å²) in [6, 6.07) is 9.53. The Morgan fingerprint density at radius 2 is 1.76 bits per heavy atom. The lowest BCUT2D eigenvalue weighted by atomic mass is 9.94. The van der Waals surface area contributed by atoms with Crippen LogP contribution in [0.3, 0.4) is 0 Å². The molecular weight excluding hydrogens is 353 g/mol. The van der Waals surface area contributed by atoms with Crippen LogP contribution >= 0.6 is 0 Å². The number of primary sulfonamides is 1. The number of hydrogen-bond acceptors (Lipinski definition) is 3. The van der Waals surface area contributed by atoms with E-state index in [1.165, 1.54) is 12.1 Å². The van der Waals surface area contributed by atoms with Crippen LogP contribution in [0.4, 0.5) is 13.2 Å². The fourth-order valence-corrected chi connectivity index (χ4v) is 3.94. The van der Waals surface area contributed by atoms with Gasteiger partial charge in [0.1, 0.15) is 0 Å². The molecule has 0 aromatic heterocycles. The summed E-state index contributed by atoms with van der Waals surface area (Å²) in [7, 11) is -4.30. The number of rotatable bonds is 3. The number of nitrogens with one attached hydrogen (secondary N) is 1. The lowest BCUT2D eigenvalue weighted by Gasteiger charge is -2.17. The van der Waals surface area contributed by atoms with E-state index in [0.29, 0.717) is 5.92 Å². The molecule has 2 aromatic carbocycles. The molecule has 0 amide bonds. The lowest BCUT2D eigenvalue weighted by Crippen LogP contribution is -2.17. The van der Waals surface area contributed by atoms with Gasteiger partial charge in [-0.15, -0.1) is 0 Å². The zero-order chi connectivity index (χ0) is 18.2. The first-order chi connectivity index (χ1) is 11.7. The fraction of sp³-hybridized carbons (Fsp3) is 0.294. The van der Waals surface area contributed by atoms with Gasteiger partial charge in [0.05, 0.1) is 10.5 Å². The van der Waals surface area contributed by atoms with E-state index in [1.54, 1.807) is 12.1 Å². The van der Waals surface area contributed by atoms with Crippen LogP contribution in [0.1, 0.15) is 23.5 Å².